The van der Waals surface area contributed by atoms with Crippen molar-refractivity contribution >= 4 is 22.9 Å². The van der Waals surface area contributed by atoms with Crippen LogP contribution in [0.1, 0.15) is 39.3 Å². The molecule has 0 spiro atoms. The zero-order valence-electron chi connectivity index (χ0n) is 15.7. The lowest BCUT2D eigenvalue weighted by Gasteiger charge is -2.17. The maximum absolute atomic E-state index is 12.4. The summed E-state index contributed by atoms with van der Waals surface area (Å²) < 4.78 is 2.07. The minimum Gasteiger partial charge on any atom is -0.310 e. The van der Waals surface area contributed by atoms with E-state index in [1.54, 1.807) is 6.20 Å². The van der Waals surface area contributed by atoms with E-state index < -0.39 is 0 Å². The van der Waals surface area contributed by atoms with Gasteiger partial charge < -0.3 is 4.57 Å². The van der Waals surface area contributed by atoms with Crippen molar-refractivity contribution in [3.8, 4) is 0 Å². The fourth-order valence-corrected chi connectivity index (χ4v) is 2.85. The lowest BCUT2D eigenvalue weighted by molar-refractivity contribution is -0.116. The van der Waals surface area contributed by atoms with Crippen LogP contribution in [0.15, 0.2) is 48.7 Å². The number of para-hydroxylation sites is 2. The van der Waals surface area contributed by atoms with Gasteiger partial charge in [-0.05, 0) is 36.1 Å². The number of rotatable bonds is 6. The number of imidazole rings is 1. The van der Waals surface area contributed by atoms with Gasteiger partial charge in [0.15, 0.2) is 0 Å². The third-order valence-corrected chi connectivity index (χ3v) is 4.33. The minimum absolute atomic E-state index is 0.00863. The average molecular weight is 350 g/mol. The molecule has 0 fully saturated rings. The highest BCUT2D eigenvalue weighted by molar-refractivity contribution is 5.91. The summed E-state index contributed by atoms with van der Waals surface area (Å²) in [6, 6.07) is 13.9. The molecule has 5 nitrogen and oxygen atoms in total. The summed E-state index contributed by atoms with van der Waals surface area (Å²) in [5.41, 5.74) is 3.07. The maximum atomic E-state index is 12.4. The number of aryl methyl sites for hydroxylation is 2. The molecule has 0 aliphatic heterocycles. The summed E-state index contributed by atoms with van der Waals surface area (Å²) in [5.74, 6) is 0.621. The first-order valence-corrected chi connectivity index (χ1v) is 9.07. The van der Waals surface area contributed by atoms with E-state index in [4.69, 9.17) is 0 Å². The van der Waals surface area contributed by atoms with E-state index in [1.165, 1.54) is 0 Å². The van der Waals surface area contributed by atoms with Crippen LogP contribution in [-0.4, -0.2) is 20.4 Å². The number of hydrogen-bond donors (Lipinski definition) is 1. The maximum Gasteiger partial charge on any atom is 0.226 e. The standard InChI is InChI=1S/C21H26N4O/c1-21(2,3)13-11-19(26)24-20-23-17-9-4-5-10-18(17)25(20)15-12-16-8-6-7-14-22-16/h4-10,14H,11-13,15H2,1-3H3,(H,23,24,26). The fraction of sp³-hybridized carbons (Fsp3) is 0.381. The number of carbonyl (C=O) groups excluding carboxylic acids is 1. The Kier molecular flexibility index (Phi) is 5.35. The van der Waals surface area contributed by atoms with Gasteiger partial charge in [0.2, 0.25) is 11.9 Å². The number of nitrogens with one attached hydrogen (secondary N) is 1. The van der Waals surface area contributed by atoms with E-state index in [0.717, 1.165) is 29.6 Å². The van der Waals surface area contributed by atoms with Crippen LogP contribution in [-0.2, 0) is 17.8 Å². The topological polar surface area (TPSA) is 59.8 Å². The molecule has 0 aliphatic rings. The van der Waals surface area contributed by atoms with Crippen LogP contribution in [0.4, 0.5) is 5.95 Å². The van der Waals surface area contributed by atoms with Crippen molar-refractivity contribution < 1.29 is 4.79 Å². The van der Waals surface area contributed by atoms with Crippen LogP contribution in [0.25, 0.3) is 11.0 Å². The summed E-state index contributed by atoms with van der Waals surface area (Å²) in [4.78, 5) is 21.4. The van der Waals surface area contributed by atoms with Gasteiger partial charge >= 0.3 is 0 Å². The third-order valence-electron chi connectivity index (χ3n) is 4.33. The molecule has 0 atom stereocenters. The Balaban J connectivity index is 1.79. The second-order valence-electron chi connectivity index (χ2n) is 7.76. The van der Waals surface area contributed by atoms with E-state index in [9.17, 15) is 4.79 Å². The van der Waals surface area contributed by atoms with Crippen LogP contribution < -0.4 is 5.32 Å². The molecule has 0 saturated heterocycles. The number of aromatic nitrogens is 3. The van der Waals surface area contributed by atoms with Gasteiger partial charge in [0.05, 0.1) is 11.0 Å². The molecule has 1 aromatic carbocycles. The van der Waals surface area contributed by atoms with E-state index in [0.29, 0.717) is 18.9 Å². The predicted molar refractivity (Wildman–Crippen MR) is 105 cm³/mol. The second-order valence-corrected chi connectivity index (χ2v) is 7.76. The Morgan fingerprint density at radius 1 is 1.12 bits per heavy atom. The van der Waals surface area contributed by atoms with Gasteiger partial charge in [-0.1, -0.05) is 39.0 Å². The van der Waals surface area contributed by atoms with Crippen LogP contribution in [0.5, 0.6) is 0 Å². The second kappa shape index (κ2) is 7.68. The SMILES string of the molecule is CC(C)(C)CCC(=O)Nc1nc2ccccc2n1CCc1ccccn1. The van der Waals surface area contributed by atoms with Crippen molar-refractivity contribution in [1.82, 2.24) is 14.5 Å². The summed E-state index contributed by atoms with van der Waals surface area (Å²) >= 11 is 0. The third kappa shape index (κ3) is 4.69. The first-order chi connectivity index (χ1) is 12.4. The predicted octanol–water partition coefficient (Wildman–Crippen LogP) is 4.44. The highest BCUT2D eigenvalue weighted by atomic mass is 16.1. The highest BCUT2D eigenvalue weighted by Crippen LogP contribution is 2.23. The van der Waals surface area contributed by atoms with Crippen molar-refractivity contribution in [2.24, 2.45) is 5.41 Å². The Hall–Kier alpha value is -2.69. The quantitative estimate of drug-likeness (QED) is 0.715. The summed E-state index contributed by atoms with van der Waals surface area (Å²) in [6.45, 7) is 7.14. The number of carbonyl (C=O) groups is 1. The fourth-order valence-electron chi connectivity index (χ4n) is 2.85. The lowest BCUT2D eigenvalue weighted by Crippen LogP contribution is -2.18. The molecule has 0 bridgehead atoms. The molecule has 2 heterocycles. The van der Waals surface area contributed by atoms with Crippen molar-refractivity contribution in [1.29, 1.82) is 0 Å². The number of benzene rings is 1. The molecule has 0 unspecified atom stereocenters. The van der Waals surface area contributed by atoms with E-state index in [-0.39, 0.29) is 11.3 Å². The molecule has 26 heavy (non-hydrogen) atoms. The van der Waals surface area contributed by atoms with Gasteiger partial charge in [0.1, 0.15) is 0 Å². The zero-order chi connectivity index (χ0) is 18.6. The number of anilines is 1. The summed E-state index contributed by atoms with van der Waals surface area (Å²) in [7, 11) is 0. The van der Waals surface area contributed by atoms with Gasteiger partial charge in [0, 0.05) is 31.3 Å². The van der Waals surface area contributed by atoms with E-state index in [2.05, 4.69) is 40.6 Å². The van der Waals surface area contributed by atoms with Gasteiger partial charge in [-0.15, -0.1) is 0 Å². The highest BCUT2D eigenvalue weighted by Gasteiger charge is 2.16. The summed E-state index contributed by atoms with van der Waals surface area (Å²) in [6.07, 6.45) is 3.92. The van der Waals surface area contributed by atoms with Crippen molar-refractivity contribution in [3.05, 3.63) is 54.4 Å². The molecule has 0 radical (unpaired) electrons. The molecule has 5 heteroatoms. The van der Waals surface area contributed by atoms with Gasteiger partial charge in [-0.2, -0.15) is 0 Å². The summed E-state index contributed by atoms with van der Waals surface area (Å²) in [5, 5.41) is 3.00. The van der Waals surface area contributed by atoms with E-state index in [1.807, 2.05) is 42.5 Å². The molecule has 136 valence electrons. The van der Waals surface area contributed by atoms with Gasteiger partial charge in [-0.3, -0.25) is 15.1 Å². The average Bonchev–Trinajstić information content (AvgIpc) is 2.95. The smallest absolute Gasteiger partial charge is 0.226 e. The minimum atomic E-state index is 0.00863. The molecule has 1 amide bonds. The molecule has 0 saturated carbocycles. The van der Waals surface area contributed by atoms with Crippen molar-refractivity contribution in [3.63, 3.8) is 0 Å². The Morgan fingerprint density at radius 2 is 1.88 bits per heavy atom. The number of pyridine rings is 1. The molecular weight excluding hydrogens is 324 g/mol. The van der Waals surface area contributed by atoms with Gasteiger partial charge in [0.25, 0.3) is 0 Å². The van der Waals surface area contributed by atoms with Crippen molar-refractivity contribution in [2.45, 2.75) is 46.6 Å². The molecule has 2 aromatic heterocycles. The number of amides is 1. The van der Waals surface area contributed by atoms with Crippen molar-refractivity contribution in [2.75, 3.05) is 5.32 Å². The van der Waals surface area contributed by atoms with Crippen LogP contribution >= 0.6 is 0 Å². The first kappa shape index (κ1) is 18.1. The number of nitrogens with zero attached hydrogens (tertiary/aromatic N) is 3. The number of hydrogen-bond acceptors (Lipinski definition) is 3. The Bertz CT molecular complexity index is 878. The van der Waals surface area contributed by atoms with Crippen LogP contribution in [0.3, 0.4) is 0 Å². The normalized spacial score (nSPS) is 11.7. The molecule has 0 aliphatic carbocycles. The molecule has 3 aromatic rings. The Morgan fingerprint density at radius 3 is 2.62 bits per heavy atom. The van der Waals surface area contributed by atoms with Crippen LogP contribution in [0.2, 0.25) is 0 Å². The van der Waals surface area contributed by atoms with Gasteiger partial charge in [-0.25, -0.2) is 4.98 Å². The van der Waals surface area contributed by atoms with E-state index >= 15 is 0 Å². The Labute approximate surface area is 154 Å². The van der Waals surface area contributed by atoms with Crippen LogP contribution in [0, 0.1) is 5.41 Å². The molecule has 1 N–H and O–H groups in total. The molecular formula is C21H26N4O. The monoisotopic (exact) mass is 350 g/mol. The zero-order valence-corrected chi connectivity index (χ0v) is 15.7. The molecule has 3 rings (SSSR count). The first-order valence-electron chi connectivity index (χ1n) is 9.07. The lowest BCUT2D eigenvalue weighted by atomic mass is 9.90. The largest absolute Gasteiger partial charge is 0.310 e. The number of fused-ring (bicyclic) bond motifs is 1.